The summed E-state index contributed by atoms with van der Waals surface area (Å²) in [4.78, 5) is 4.35. The number of nitrogen functional groups attached to an aromatic ring is 1. The van der Waals surface area contributed by atoms with Crippen molar-refractivity contribution < 1.29 is 4.42 Å². The highest BCUT2D eigenvalue weighted by Gasteiger charge is 2.14. The molecule has 0 unspecified atom stereocenters. The Balaban J connectivity index is 1.90. The van der Waals surface area contributed by atoms with E-state index in [0.717, 1.165) is 23.9 Å². The van der Waals surface area contributed by atoms with Gasteiger partial charge in [-0.05, 0) is 25.0 Å². The molecule has 0 saturated carbocycles. The van der Waals surface area contributed by atoms with Crippen LogP contribution in [0.2, 0.25) is 0 Å². The number of para-hydroxylation sites is 1. The maximum absolute atomic E-state index is 5.82. The molecule has 0 saturated heterocycles. The number of nitrogens with one attached hydrogen (secondary N) is 1. The Bertz CT molecular complexity index is 536. The molecule has 3 rings (SSSR count). The van der Waals surface area contributed by atoms with Crippen LogP contribution in [0.3, 0.4) is 0 Å². The molecule has 3 N–H and O–H groups in total. The van der Waals surface area contributed by atoms with Crippen LogP contribution < -0.4 is 11.1 Å². The van der Waals surface area contributed by atoms with Crippen LogP contribution in [-0.2, 0) is 0 Å². The number of nitrogens with two attached hydrogens (primary N) is 1. The van der Waals surface area contributed by atoms with Gasteiger partial charge < -0.3 is 15.5 Å². The second-order valence-corrected chi connectivity index (χ2v) is 4.00. The molecular formula is C12H13N3O. The third-order valence-electron chi connectivity index (χ3n) is 2.79. The number of aromatic nitrogens is 1. The van der Waals surface area contributed by atoms with Gasteiger partial charge in [-0.2, -0.15) is 4.98 Å². The Hall–Kier alpha value is -1.97. The fourth-order valence-electron chi connectivity index (χ4n) is 1.94. The molecule has 16 heavy (non-hydrogen) atoms. The van der Waals surface area contributed by atoms with E-state index in [2.05, 4.69) is 22.5 Å². The van der Waals surface area contributed by atoms with E-state index in [4.69, 9.17) is 10.2 Å². The molecule has 1 aliphatic rings. The molecule has 1 aliphatic carbocycles. The standard InChI is InChI=1S/C12H13N3O/c13-9-6-3-7-10-11(9)15-12(16-10)14-8-4-1-2-5-8/h1-3,6-8H,4-5,13H2,(H,14,15). The van der Waals surface area contributed by atoms with E-state index in [9.17, 15) is 0 Å². The van der Waals surface area contributed by atoms with Crippen molar-refractivity contribution in [3.63, 3.8) is 0 Å². The Kier molecular flexibility index (Phi) is 2.06. The van der Waals surface area contributed by atoms with E-state index in [1.807, 2.05) is 18.2 Å². The molecule has 1 heterocycles. The maximum atomic E-state index is 5.82. The molecule has 2 aromatic rings. The van der Waals surface area contributed by atoms with Gasteiger partial charge in [-0.3, -0.25) is 0 Å². The topological polar surface area (TPSA) is 64.1 Å². The second kappa shape index (κ2) is 3.56. The smallest absolute Gasteiger partial charge is 0.296 e. The van der Waals surface area contributed by atoms with Gasteiger partial charge in [0.25, 0.3) is 6.01 Å². The fourth-order valence-corrected chi connectivity index (χ4v) is 1.94. The first-order valence-electron chi connectivity index (χ1n) is 5.39. The van der Waals surface area contributed by atoms with Crippen molar-refractivity contribution in [2.24, 2.45) is 0 Å². The lowest BCUT2D eigenvalue weighted by Gasteiger charge is -2.08. The number of benzene rings is 1. The van der Waals surface area contributed by atoms with E-state index in [1.165, 1.54) is 0 Å². The molecule has 0 aliphatic heterocycles. The van der Waals surface area contributed by atoms with E-state index in [1.54, 1.807) is 0 Å². The van der Waals surface area contributed by atoms with Crippen LogP contribution in [0.1, 0.15) is 12.8 Å². The number of hydrogen-bond acceptors (Lipinski definition) is 4. The van der Waals surface area contributed by atoms with Crippen molar-refractivity contribution in [2.45, 2.75) is 18.9 Å². The largest absolute Gasteiger partial charge is 0.423 e. The van der Waals surface area contributed by atoms with Gasteiger partial charge in [0, 0.05) is 6.04 Å². The monoisotopic (exact) mass is 215 g/mol. The third-order valence-corrected chi connectivity index (χ3v) is 2.79. The van der Waals surface area contributed by atoms with Crippen LogP contribution in [-0.4, -0.2) is 11.0 Å². The molecule has 0 bridgehead atoms. The minimum atomic E-state index is 0.397. The highest BCUT2D eigenvalue weighted by atomic mass is 16.4. The highest BCUT2D eigenvalue weighted by Crippen LogP contribution is 2.25. The normalized spacial score (nSPS) is 16.0. The van der Waals surface area contributed by atoms with Gasteiger partial charge in [0.05, 0.1) is 5.69 Å². The Morgan fingerprint density at radius 2 is 2.12 bits per heavy atom. The first kappa shape index (κ1) is 9.27. The van der Waals surface area contributed by atoms with Crippen molar-refractivity contribution in [3.05, 3.63) is 30.4 Å². The van der Waals surface area contributed by atoms with Gasteiger partial charge in [-0.1, -0.05) is 18.2 Å². The molecular weight excluding hydrogens is 202 g/mol. The molecule has 0 atom stereocenters. The Morgan fingerprint density at radius 3 is 2.88 bits per heavy atom. The first-order chi connectivity index (χ1) is 7.83. The summed E-state index contributed by atoms with van der Waals surface area (Å²) in [5, 5.41) is 3.26. The average Bonchev–Trinajstić information content (AvgIpc) is 2.88. The minimum Gasteiger partial charge on any atom is -0.423 e. The van der Waals surface area contributed by atoms with E-state index < -0.39 is 0 Å². The lowest BCUT2D eigenvalue weighted by Crippen LogP contribution is -2.14. The van der Waals surface area contributed by atoms with E-state index >= 15 is 0 Å². The lowest BCUT2D eigenvalue weighted by molar-refractivity contribution is 0.597. The zero-order valence-corrected chi connectivity index (χ0v) is 8.81. The summed E-state index contributed by atoms with van der Waals surface area (Å²) in [5.41, 5.74) is 7.93. The summed E-state index contributed by atoms with van der Waals surface area (Å²) >= 11 is 0. The third kappa shape index (κ3) is 1.52. The molecule has 1 aromatic heterocycles. The fraction of sp³-hybridized carbons (Fsp3) is 0.250. The van der Waals surface area contributed by atoms with Crippen LogP contribution in [0.5, 0.6) is 0 Å². The van der Waals surface area contributed by atoms with Gasteiger partial charge in [0.1, 0.15) is 5.52 Å². The second-order valence-electron chi connectivity index (χ2n) is 4.00. The quantitative estimate of drug-likeness (QED) is 0.597. The van der Waals surface area contributed by atoms with Crippen LogP contribution in [0.4, 0.5) is 11.7 Å². The zero-order valence-electron chi connectivity index (χ0n) is 8.81. The average molecular weight is 215 g/mol. The van der Waals surface area contributed by atoms with E-state index in [0.29, 0.717) is 17.7 Å². The van der Waals surface area contributed by atoms with Crippen LogP contribution >= 0.6 is 0 Å². The number of hydrogen-bond donors (Lipinski definition) is 2. The number of fused-ring (bicyclic) bond motifs is 1. The van der Waals surface area contributed by atoms with E-state index in [-0.39, 0.29) is 0 Å². The lowest BCUT2D eigenvalue weighted by atomic mass is 10.2. The molecule has 0 fully saturated rings. The summed E-state index contributed by atoms with van der Waals surface area (Å²) in [7, 11) is 0. The predicted octanol–water partition coefficient (Wildman–Crippen LogP) is 2.54. The van der Waals surface area contributed by atoms with Crippen LogP contribution in [0, 0.1) is 0 Å². The van der Waals surface area contributed by atoms with Crippen molar-refractivity contribution in [3.8, 4) is 0 Å². The summed E-state index contributed by atoms with van der Waals surface area (Å²) in [6, 6.07) is 6.52. The van der Waals surface area contributed by atoms with Crippen molar-refractivity contribution in [2.75, 3.05) is 11.1 Å². The van der Waals surface area contributed by atoms with Gasteiger partial charge >= 0.3 is 0 Å². The van der Waals surface area contributed by atoms with Gasteiger partial charge in [-0.25, -0.2) is 0 Å². The minimum absolute atomic E-state index is 0.397. The van der Waals surface area contributed by atoms with Crippen LogP contribution in [0.15, 0.2) is 34.8 Å². The zero-order chi connectivity index (χ0) is 11.0. The Labute approximate surface area is 93.1 Å². The van der Waals surface area contributed by atoms with Crippen molar-refractivity contribution in [1.29, 1.82) is 0 Å². The molecule has 0 spiro atoms. The van der Waals surface area contributed by atoms with Crippen LogP contribution in [0.25, 0.3) is 11.1 Å². The molecule has 4 heteroatoms. The summed E-state index contributed by atoms with van der Waals surface area (Å²) in [5.74, 6) is 0. The predicted molar refractivity (Wildman–Crippen MR) is 64.2 cm³/mol. The first-order valence-corrected chi connectivity index (χ1v) is 5.39. The van der Waals surface area contributed by atoms with Crippen molar-refractivity contribution >= 4 is 22.8 Å². The molecule has 1 aromatic carbocycles. The number of rotatable bonds is 2. The number of nitrogens with zero attached hydrogens (tertiary/aromatic N) is 1. The van der Waals surface area contributed by atoms with Gasteiger partial charge in [0.15, 0.2) is 5.58 Å². The van der Waals surface area contributed by atoms with Gasteiger partial charge in [0.2, 0.25) is 0 Å². The molecule has 0 radical (unpaired) electrons. The SMILES string of the molecule is Nc1cccc2oc(NC3CC=CC3)nc12. The molecule has 4 nitrogen and oxygen atoms in total. The summed E-state index contributed by atoms with van der Waals surface area (Å²) in [6.07, 6.45) is 6.37. The highest BCUT2D eigenvalue weighted by molar-refractivity contribution is 5.86. The van der Waals surface area contributed by atoms with Crippen molar-refractivity contribution in [1.82, 2.24) is 4.98 Å². The number of anilines is 2. The summed E-state index contributed by atoms with van der Waals surface area (Å²) in [6.45, 7) is 0. The molecule has 82 valence electrons. The maximum Gasteiger partial charge on any atom is 0.296 e. The summed E-state index contributed by atoms with van der Waals surface area (Å²) < 4.78 is 5.58. The Morgan fingerprint density at radius 1 is 1.31 bits per heavy atom. The van der Waals surface area contributed by atoms with Gasteiger partial charge in [-0.15, -0.1) is 0 Å². The number of oxazole rings is 1. The molecule has 0 amide bonds.